The standard InChI is InChI=1S/C28H44N4O5.2ClH/c1-37-24-8-6-22(7-9-24)25(18-27(34)35)32-26(33)19-31-28(36)23(4-2-20-10-14-29-15-11-20)5-3-21-12-16-30-17-13-21;;/h6-9,20-21,23,25,29-30H,2-5,10-19H2,1H3,(H,31,36)(H,32,33)(H,34,35);2*1H. The van der Waals surface area contributed by atoms with Crippen LogP contribution >= 0.6 is 24.8 Å². The number of methoxy groups -OCH3 is 1. The van der Waals surface area contributed by atoms with Crippen molar-refractivity contribution in [3.63, 3.8) is 0 Å². The Morgan fingerprint density at radius 1 is 0.923 bits per heavy atom. The number of hydrogen-bond acceptors (Lipinski definition) is 6. The van der Waals surface area contributed by atoms with E-state index in [0.717, 1.165) is 77.5 Å². The van der Waals surface area contributed by atoms with Crippen LogP contribution in [0.15, 0.2) is 24.3 Å². The molecule has 2 fully saturated rings. The SMILES string of the molecule is COc1ccc(C(CC(=O)O)NC(=O)CNC(=O)C(CCC2CCNCC2)CCC2CCNCC2)cc1.Cl.Cl. The van der Waals surface area contributed by atoms with Crippen molar-refractivity contribution in [1.82, 2.24) is 21.3 Å². The van der Waals surface area contributed by atoms with Gasteiger partial charge in [-0.3, -0.25) is 14.4 Å². The molecule has 1 aromatic rings. The molecule has 2 heterocycles. The van der Waals surface area contributed by atoms with Gasteiger partial charge < -0.3 is 31.1 Å². The third-order valence-corrected chi connectivity index (χ3v) is 7.79. The van der Waals surface area contributed by atoms with Crippen LogP contribution < -0.4 is 26.0 Å². The van der Waals surface area contributed by atoms with E-state index in [1.54, 1.807) is 31.4 Å². The van der Waals surface area contributed by atoms with Crippen molar-refractivity contribution in [2.24, 2.45) is 17.8 Å². The summed E-state index contributed by atoms with van der Waals surface area (Å²) in [6.07, 6.45) is 8.13. The average molecular weight is 590 g/mol. The van der Waals surface area contributed by atoms with E-state index in [0.29, 0.717) is 23.1 Å². The molecule has 0 saturated carbocycles. The van der Waals surface area contributed by atoms with Crippen molar-refractivity contribution in [2.45, 2.75) is 63.8 Å². The molecule has 0 aromatic heterocycles. The van der Waals surface area contributed by atoms with Gasteiger partial charge in [-0.25, -0.2) is 0 Å². The number of carbonyl (C=O) groups excluding carboxylic acids is 2. The molecule has 11 heteroatoms. The third kappa shape index (κ3) is 12.8. The lowest BCUT2D eigenvalue weighted by molar-refractivity contribution is -0.138. The first kappa shape index (κ1) is 35.0. The minimum atomic E-state index is -1.01. The summed E-state index contributed by atoms with van der Waals surface area (Å²) in [6, 6.07) is 6.25. The van der Waals surface area contributed by atoms with Crippen LogP contribution in [-0.4, -0.2) is 62.7 Å². The summed E-state index contributed by atoms with van der Waals surface area (Å²) < 4.78 is 5.16. The van der Waals surface area contributed by atoms with Gasteiger partial charge in [-0.2, -0.15) is 0 Å². The summed E-state index contributed by atoms with van der Waals surface area (Å²) >= 11 is 0. The Labute approximate surface area is 244 Å². The summed E-state index contributed by atoms with van der Waals surface area (Å²) in [4.78, 5) is 37.3. The predicted octanol–water partition coefficient (Wildman–Crippen LogP) is 3.46. The maximum Gasteiger partial charge on any atom is 0.305 e. The molecule has 2 amide bonds. The Kier molecular flexibility index (Phi) is 17.1. The zero-order chi connectivity index (χ0) is 26.5. The van der Waals surface area contributed by atoms with Crippen molar-refractivity contribution in [2.75, 3.05) is 39.8 Å². The molecule has 39 heavy (non-hydrogen) atoms. The molecule has 3 rings (SSSR count). The molecule has 2 aliphatic heterocycles. The van der Waals surface area contributed by atoms with Gasteiger partial charge in [0.2, 0.25) is 11.8 Å². The number of carboxylic acids is 1. The van der Waals surface area contributed by atoms with Crippen LogP contribution in [0.4, 0.5) is 0 Å². The van der Waals surface area contributed by atoms with Gasteiger partial charge in [-0.05, 0) is 107 Å². The van der Waals surface area contributed by atoms with Gasteiger partial charge in [0.15, 0.2) is 0 Å². The summed E-state index contributed by atoms with van der Waals surface area (Å²) in [7, 11) is 1.56. The van der Waals surface area contributed by atoms with Crippen LogP contribution in [0, 0.1) is 17.8 Å². The van der Waals surface area contributed by atoms with Crippen molar-refractivity contribution >= 4 is 42.6 Å². The Hall–Kier alpha value is -2.07. The van der Waals surface area contributed by atoms with E-state index < -0.39 is 17.9 Å². The van der Waals surface area contributed by atoms with E-state index in [1.165, 1.54) is 0 Å². The van der Waals surface area contributed by atoms with Crippen LogP contribution in [-0.2, 0) is 14.4 Å². The second-order valence-electron chi connectivity index (χ2n) is 10.4. The number of aliphatic carboxylic acids is 1. The second kappa shape index (κ2) is 19.1. The Morgan fingerprint density at radius 3 is 1.90 bits per heavy atom. The largest absolute Gasteiger partial charge is 0.497 e. The van der Waals surface area contributed by atoms with E-state index in [2.05, 4.69) is 21.3 Å². The van der Waals surface area contributed by atoms with Crippen molar-refractivity contribution < 1.29 is 24.2 Å². The third-order valence-electron chi connectivity index (χ3n) is 7.79. The highest BCUT2D eigenvalue weighted by Gasteiger charge is 2.25. The lowest BCUT2D eigenvalue weighted by atomic mass is 9.84. The van der Waals surface area contributed by atoms with Gasteiger partial charge in [-0.1, -0.05) is 12.1 Å². The fourth-order valence-electron chi connectivity index (χ4n) is 5.44. The number of carbonyl (C=O) groups is 3. The summed E-state index contributed by atoms with van der Waals surface area (Å²) in [6.45, 7) is 4.01. The Balaban J connectivity index is 0.00000380. The van der Waals surface area contributed by atoms with Crippen LogP contribution in [0.1, 0.15) is 69.4 Å². The van der Waals surface area contributed by atoms with Crippen LogP contribution in [0.2, 0.25) is 0 Å². The zero-order valence-corrected chi connectivity index (χ0v) is 24.5. The lowest BCUT2D eigenvalue weighted by Crippen LogP contribution is -2.41. The molecule has 9 nitrogen and oxygen atoms in total. The maximum absolute atomic E-state index is 13.2. The van der Waals surface area contributed by atoms with Gasteiger partial charge in [0, 0.05) is 5.92 Å². The molecule has 0 radical (unpaired) electrons. The monoisotopic (exact) mass is 588 g/mol. The molecule has 0 bridgehead atoms. The van der Waals surface area contributed by atoms with Crippen molar-refractivity contribution in [3.05, 3.63) is 29.8 Å². The number of halogens is 2. The van der Waals surface area contributed by atoms with E-state index in [-0.39, 0.29) is 49.6 Å². The van der Waals surface area contributed by atoms with Gasteiger partial charge in [0.05, 0.1) is 26.1 Å². The molecular weight excluding hydrogens is 543 g/mol. The highest BCUT2D eigenvalue weighted by molar-refractivity contribution is 5.86. The van der Waals surface area contributed by atoms with Gasteiger partial charge in [-0.15, -0.1) is 24.8 Å². The smallest absolute Gasteiger partial charge is 0.305 e. The number of amides is 2. The van der Waals surface area contributed by atoms with Crippen LogP contribution in [0.25, 0.3) is 0 Å². The number of benzene rings is 1. The number of hydrogen-bond donors (Lipinski definition) is 5. The normalized spacial score (nSPS) is 16.9. The number of nitrogens with one attached hydrogen (secondary N) is 4. The minimum Gasteiger partial charge on any atom is -0.497 e. The summed E-state index contributed by atoms with van der Waals surface area (Å²) in [5.41, 5.74) is 0.671. The fraction of sp³-hybridized carbons (Fsp3) is 0.679. The summed E-state index contributed by atoms with van der Waals surface area (Å²) in [5, 5.41) is 21.7. The molecule has 2 aliphatic rings. The topological polar surface area (TPSA) is 129 Å². The Morgan fingerprint density at radius 2 is 1.44 bits per heavy atom. The second-order valence-corrected chi connectivity index (χ2v) is 10.4. The first-order valence-electron chi connectivity index (χ1n) is 13.8. The molecule has 1 unspecified atom stereocenters. The van der Waals surface area contributed by atoms with E-state index in [9.17, 15) is 19.5 Å². The van der Waals surface area contributed by atoms with Gasteiger partial charge in [0.25, 0.3) is 0 Å². The van der Waals surface area contributed by atoms with E-state index in [1.807, 2.05) is 0 Å². The fourth-order valence-corrected chi connectivity index (χ4v) is 5.44. The van der Waals surface area contributed by atoms with E-state index >= 15 is 0 Å². The summed E-state index contributed by atoms with van der Waals surface area (Å²) in [5.74, 6) is 0.370. The van der Waals surface area contributed by atoms with Gasteiger partial charge in [0.1, 0.15) is 5.75 Å². The molecule has 0 spiro atoms. The predicted molar refractivity (Wildman–Crippen MR) is 157 cm³/mol. The number of piperidine rings is 2. The average Bonchev–Trinajstić information content (AvgIpc) is 2.92. The first-order valence-corrected chi connectivity index (χ1v) is 13.8. The zero-order valence-electron chi connectivity index (χ0n) is 22.9. The number of rotatable bonds is 14. The maximum atomic E-state index is 13.2. The van der Waals surface area contributed by atoms with E-state index in [4.69, 9.17) is 4.74 Å². The molecule has 0 aliphatic carbocycles. The molecule has 222 valence electrons. The minimum absolute atomic E-state index is 0. The lowest BCUT2D eigenvalue weighted by Gasteiger charge is -2.27. The van der Waals surface area contributed by atoms with Crippen LogP contribution in [0.5, 0.6) is 5.75 Å². The molecule has 5 N–H and O–H groups in total. The Bertz CT molecular complexity index is 840. The molecule has 2 saturated heterocycles. The van der Waals surface area contributed by atoms with Crippen LogP contribution in [0.3, 0.4) is 0 Å². The first-order chi connectivity index (χ1) is 17.9. The number of carboxylic acid groups (broad SMARTS) is 1. The van der Waals surface area contributed by atoms with Crippen molar-refractivity contribution in [3.8, 4) is 5.75 Å². The van der Waals surface area contributed by atoms with Gasteiger partial charge >= 0.3 is 5.97 Å². The highest BCUT2D eigenvalue weighted by atomic mass is 35.5. The highest BCUT2D eigenvalue weighted by Crippen LogP contribution is 2.27. The van der Waals surface area contributed by atoms with Crippen molar-refractivity contribution in [1.29, 1.82) is 0 Å². The number of ether oxygens (including phenoxy) is 1. The quantitative estimate of drug-likeness (QED) is 0.225. The molecule has 1 aromatic carbocycles. The molecular formula is C28H46Cl2N4O5. The molecule has 1 atom stereocenters.